The first-order valence-corrected chi connectivity index (χ1v) is 6.96. The van der Waals surface area contributed by atoms with E-state index in [1.165, 1.54) is 6.07 Å². The molecule has 0 aliphatic rings. The molecule has 18 heavy (non-hydrogen) atoms. The van der Waals surface area contributed by atoms with E-state index in [-0.39, 0.29) is 5.82 Å². The fourth-order valence-corrected chi connectivity index (χ4v) is 2.72. The van der Waals surface area contributed by atoms with Crippen LogP contribution in [0, 0.1) is 12.7 Å². The summed E-state index contributed by atoms with van der Waals surface area (Å²) in [5.41, 5.74) is 1.36. The van der Waals surface area contributed by atoms with E-state index in [1.54, 1.807) is 23.5 Å². The van der Waals surface area contributed by atoms with Crippen molar-refractivity contribution < 1.29 is 4.39 Å². The Morgan fingerprint density at radius 2 is 2.11 bits per heavy atom. The lowest BCUT2D eigenvalue weighted by atomic mass is 10.1. The van der Waals surface area contributed by atoms with Crippen LogP contribution in [0.15, 0.2) is 24.3 Å². The minimum absolute atomic E-state index is 0.209. The Bertz CT molecular complexity index is 522. The normalized spacial score (nSPS) is 10.8. The highest BCUT2D eigenvalue weighted by Gasteiger charge is 2.12. The first-order valence-electron chi connectivity index (χ1n) is 6.14. The lowest BCUT2D eigenvalue weighted by molar-refractivity contribution is 0.630. The van der Waals surface area contributed by atoms with Gasteiger partial charge in [0.1, 0.15) is 10.8 Å². The molecule has 0 saturated heterocycles. The second-order valence-corrected chi connectivity index (χ2v) is 5.46. The second kappa shape index (κ2) is 6.07. The maximum Gasteiger partial charge on any atom is 0.132 e. The molecular formula is C14H17FN2S. The summed E-state index contributed by atoms with van der Waals surface area (Å²) in [6.45, 7) is 5.86. The van der Waals surface area contributed by atoms with Gasteiger partial charge < -0.3 is 5.32 Å². The van der Waals surface area contributed by atoms with Gasteiger partial charge >= 0.3 is 0 Å². The third kappa shape index (κ3) is 2.94. The average Bonchev–Trinajstić information content (AvgIpc) is 2.71. The molecular weight excluding hydrogens is 247 g/mol. The minimum atomic E-state index is -0.209. The van der Waals surface area contributed by atoms with Gasteiger partial charge in [-0.1, -0.05) is 19.1 Å². The van der Waals surface area contributed by atoms with E-state index >= 15 is 0 Å². The number of aryl methyl sites for hydroxylation is 1. The summed E-state index contributed by atoms with van der Waals surface area (Å²) in [7, 11) is 0. The van der Waals surface area contributed by atoms with Crippen molar-refractivity contribution >= 4 is 11.3 Å². The molecule has 2 aromatic rings. The summed E-state index contributed by atoms with van der Waals surface area (Å²) in [5, 5.41) is 4.33. The van der Waals surface area contributed by atoms with Crippen LogP contribution in [0.1, 0.15) is 23.2 Å². The maximum absolute atomic E-state index is 13.7. The van der Waals surface area contributed by atoms with Crippen LogP contribution in [0.2, 0.25) is 0 Å². The van der Waals surface area contributed by atoms with Crippen molar-refractivity contribution in [1.82, 2.24) is 10.3 Å². The lowest BCUT2D eigenvalue weighted by Gasteiger charge is -2.00. The van der Waals surface area contributed by atoms with Crippen molar-refractivity contribution in [3.05, 3.63) is 40.0 Å². The molecule has 2 nitrogen and oxygen atoms in total. The zero-order chi connectivity index (χ0) is 13.0. The van der Waals surface area contributed by atoms with Crippen LogP contribution < -0.4 is 5.32 Å². The van der Waals surface area contributed by atoms with E-state index < -0.39 is 0 Å². The summed E-state index contributed by atoms with van der Waals surface area (Å²) in [4.78, 5) is 5.59. The van der Waals surface area contributed by atoms with Gasteiger partial charge in [-0.3, -0.25) is 0 Å². The van der Waals surface area contributed by atoms with Crippen LogP contribution in [-0.4, -0.2) is 11.5 Å². The van der Waals surface area contributed by atoms with E-state index in [0.29, 0.717) is 5.56 Å². The Kier molecular flexibility index (Phi) is 4.44. The van der Waals surface area contributed by atoms with Gasteiger partial charge in [-0.15, -0.1) is 11.3 Å². The summed E-state index contributed by atoms with van der Waals surface area (Å²) in [6.07, 6.45) is 1.10. The number of hydrogen-bond acceptors (Lipinski definition) is 3. The predicted molar refractivity (Wildman–Crippen MR) is 74.2 cm³/mol. The number of thiazole rings is 1. The topological polar surface area (TPSA) is 24.9 Å². The van der Waals surface area contributed by atoms with Crippen molar-refractivity contribution in [2.75, 3.05) is 6.54 Å². The summed E-state index contributed by atoms with van der Waals surface area (Å²) in [6, 6.07) is 6.79. The highest BCUT2D eigenvalue weighted by Crippen LogP contribution is 2.29. The van der Waals surface area contributed by atoms with Crippen LogP contribution >= 0.6 is 11.3 Å². The van der Waals surface area contributed by atoms with E-state index in [9.17, 15) is 4.39 Å². The third-order valence-electron chi connectivity index (χ3n) is 2.67. The van der Waals surface area contributed by atoms with Gasteiger partial charge in [-0.25, -0.2) is 9.37 Å². The molecule has 1 aromatic heterocycles. The number of nitrogens with zero attached hydrogens (tertiary/aromatic N) is 1. The number of benzene rings is 1. The van der Waals surface area contributed by atoms with Gasteiger partial charge in [0, 0.05) is 17.0 Å². The van der Waals surface area contributed by atoms with E-state index in [2.05, 4.69) is 17.2 Å². The molecule has 0 bridgehead atoms. The van der Waals surface area contributed by atoms with Crippen LogP contribution in [0.4, 0.5) is 4.39 Å². The van der Waals surface area contributed by atoms with Crippen molar-refractivity contribution in [2.45, 2.75) is 26.8 Å². The van der Waals surface area contributed by atoms with Gasteiger partial charge in [-0.2, -0.15) is 0 Å². The number of hydrogen-bond donors (Lipinski definition) is 1. The van der Waals surface area contributed by atoms with Crippen molar-refractivity contribution in [3.63, 3.8) is 0 Å². The third-order valence-corrected chi connectivity index (χ3v) is 3.64. The van der Waals surface area contributed by atoms with Gasteiger partial charge in [-0.05, 0) is 32.0 Å². The van der Waals surface area contributed by atoms with Gasteiger partial charge in [0.15, 0.2) is 0 Å². The molecule has 4 heteroatoms. The highest BCUT2D eigenvalue weighted by atomic mass is 32.1. The van der Waals surface area contributed by atoms with Gasteiger partial charge in [0.2, 0.25) is 0 Å². The maximum atomic E-state index is 13.7. The monoisotopic (exact) mass is 264 g/mol. The van der Waals surface area contributed by atoms with Crippen LogP contribution in [0.3, 0.4) is 0 Å². The Morgan fingerprint density at radius 1 is 1.33 bits per heavy atom. The quantitative estimate of drug-likeness (QED) is 0.832. The molecule has 0 radical (unpaired) electrons. The molecule has 1 heterocycles. The van der Waals surface area contributed by atoms with Crippen molar-refractivity contribution in [3.8, 4) is 11.3 Å². The fourth-order valence-electron chi connectivity index (χ4n) is 1.80. The fraction of sp³-hybridized carbons (Fsp3) is 0.357. The van der Waals surface area contributed by atoms with Gasteiger partial charge in [0.05, 0.1) is 5.69 Å². The largest absolute Gasteiger partial charge is 0.310 e. The van der Waals surface area contributed by atoms with Crippen molar-refractivity contribution in [1.29, 1.82) is 0 Å². The predicted octanol–water partition coefficient (Wildman–Crippen LogP) is 3.76. The average molecular weight is 264 g/mol. The lowest BCUT2D eigenvalue weighted by Crippen LogP contribution is -2.13. The smallest absolute Gasteiger partial charge is 0.132 e. The van der Waals surface area contributed by atoms with E-state index in [0.717, 1.165) is 35.1 Å². The molecule has 0 aliphatic carbocycles. The Labute approximate surface area is 111 Å². The molecule has 0 unspecified atom stereocenters. The summed E-state index contributed by atoms with van der Waals surface area (Å²) < 4.78 is 13.7. The molecule has 2 rings (SSSR count). The summed E-state index contributed by atoms with van der Waals surface area (Å²) >= 11 is 1.63. The molecule has 0 aliphatic heterocycles. The minimum Gasteiger partial charge on any atom is -0.310 e. The molecule has 96 valence electrons. The van der Waals surface area contributed by atoms with Crippen LogP contribution in [-0.2, 0) is 6.54 Å². The molecule has 0 spiro atoms. The Hall–Kier alpha value is -1.26. The number of halogens is 1. The van der Waals surface area contributed by atoms with E-state index in [4.69, 9.17) is 0 Å². The van der Waals surface area contributed by atoms with Crippen LogP contribution in [0.5, 0.6) is 0 Å². The SMILES string of the molecule is CCCNCc1nc(-c2ccccc2F)c(C)s1. The molecule has 0 fully saturated rings. The standard InChI is InChI=1S/C14H17FN2S/c1-3-8-16-9-13-17-14(10(2)18-13)11-6-4-5-7-12(11)15/h4-7,16H,3,8-9H2,1-2H3. The molecule has 1 aromatic carbocycles. The first-order chi connectivity index (χ1) is 8.72. The summed E-state index contributed by atoms with van der Waals surface area (Å²) in [5.74, 6) is -0.209. The number of aromatic nitrogens is 1. The first kappa shape index (κ1) is 13.2. The Morgan fingerprint density at radius 3 is 2.83 bits per heavy atom. The zero-order valence-corrected chi connectivity index (χ0v) is 11.5. The number of nitrogens with one attached hydrogen (secondary N) is 1. The zero-order valence-electron chi connectivity index (χ0n) is 10.7. The van der Waals surface area contributed by atoms with E-state index in [1.807, 2.05) is 13.0 Å². The highest BCUT2D eigenvalue weighted by molar-refractivity contribution is 7.12. The molecule has 0 amide bonds. The Balaban J connectivity index is 2.22. The molecule has 0 saturated carbocycles. The van der Waals surface area contributed by atoms with Crippen LogP contribution in [0.25, 0.3) is 11.3 Å². The second-order valence-electron chi connectivity index (χ2n) is 4.17. The molecule has 0 atom stereocenters. The number of rotatable bonds is 5. The van der Waals surface area contributed by atoms with Gasteiger partial charge in [0.25, 0.3) is 0 Å². The van der Waals surface area contributed by atoms with Crippen molar-refractivity contribution in [2.24, 2.45) is 0 Å². The molecule has 1 N–H and O–H groups in total.